The van der Waals surface area contributed by atoms with Crippen molar-refractivity contribution in [1.29, 1.82) is 0 Å². The third-order valence-corrected chi connectivity index (χ3v) is 3.55. The Hall–Kier alpha value is -1.80. The molecule has 20 heavy (non-hydrogen) atoms. The highest BCUT2D eigenvalue weighted by Crippen LogP contribution is 2.16. The number of rotatable bonds is 5. The van der Waals surface area contributed by atoms with Gasteiger partial charge in [-0.15, -0.1) is 0 Å². The lowest BCUT2D eigenvalue weighted by Gasteiger charge is -2.21. The van der Waals surface area contributed by atoms with E-state index in [1.165, 1.54) is 16.7 Å². The molecule has 2 rings (SSSR count). The lowest BCUT2D eigenvalue weighted by molar-refractivity contribution is 0.470. The maximum atomic E-state index is 9.30. The summed E-state index contributed by atoms with van der Waals surface area (Å²) in [5.41, 5.74) is 3.85. The maximum Gasteiger partial charge on any atom is 0.115 e. The minimum absolute atomic E-state index is 0.322. The van der Waals surface area contributed by atoms with Crippen molar-refractivity contribution in [2.24, 2.45) is 0 Å². The fourth-order valence-electron chi connectivity index (χ4n) is 2.51. The zero-order chi connectivity index (χ0) is 14.5. The molecule has 0 aliphatic rings. The van der Waals surface area contributed by atoms with Crippen LogP contribution in [-0.4, -0.2) is 11.1 Å². The minimum Gasteiger partial charge on any atom is -0.508 e. The van der Waals surface area contributed by atoms with E-state index < -0.39 is 0 Å². The summed E-state index contributed by atoms with van der Waals surface area (Å²) in [7, 11) is 0. The van der Waals surface area contributed by atoms with Crippen LogP contribution in [0.3, 0.4) is 0 Å². The molecule has 2 nitrogen and oxygen atoms in total. The average molecular weight is 269 g/mol. The van der Waals surface area contributed by atoms with Crippen LogP contribution >= 0.6 is 0 Å². The molecule has 2 atom stereocenters. The van der Waals surface area contributed by atoms with Gasteiger partial charge < -0.3 is 10.4 Å². The Morgan fingerprint density at radius 3 is 2.40 bits per heavy atom. The molecule has 2 aromatic carbocycles. The minimum atomic E-state index is 0.322. The van der Waals surface area contributed by atoms with E-state index in [0.29, 0.717) is 17.8 Å². The van der Waals surface area contributed by atoms with Crippen LogP contribution in [0.15, 0.2) is 48.5 Å². The van der Waals surface area contributed by atoms with Crippen molar-refractivity contribution in [3.05, 3.63) is 65.2 Å². The Bertz CT molecular complexity index is 548. The van der Waals surface area contributed by atoms with Gasteiger partial charge in [-0.3, -0.25) is 0 Å². The van der Waals surface area contributed by atoms with Gasteiger partial charge in [0, 0.05) is 12.1 Å². The van der Waals surface area contributed by atoms with Crippen LogP contribution in [0, 0.1) is 6.92 Å². The van der Waals surface area contributed by atoms with E-state index in [-0.39, 0.29) is 0 Å². The third kappa shape index (κ3) is 4.10. The van der Waals surface area contributed by atoms with Crippen molar-refractivity contribution in [3.63, 3.8) is 0 Å². The number of hydrogen-bond acceptors (Lipinski definition) is 2. The highest BCUT2D eigenvalue weighted by Gasteiger charge is 2.10. The van der Waals surface area contributed by atoms with Crippen LogP contribution in [0.25, 0.3) is 0 Å². The number of hydrogen-bond donors (Lipinski definition) is 2. The molecule has 2 N–H and O–H groups in total. The molecule has 2 aromatic rings. The Morgan fingerprint density at radius 1 is 1.05 bits per heavy atom. The maximum absolute atomic E-state index is 9.30. The van der Waals surface area contributed by atoms with Crippen LogP contribution < -0.4 is 5.32 Å². The summed E-state index contributed by atoms with van der Waals surface area (Å²) in [5, 5.41) is 12.9. The van der Waals surface area contributed by atoms with E-state index in [1.807, 2.05) is 12.1 Å². The van der Waals surface area contributed by atoms with E-state index in [0.717, 1.165) is 6.42 Å². The Labute approximate surface area is 121 Å². The van der Waals surface area contributed by atoms with E-state index in [9.17, 15) is 5.11 Å². The van der Waals surface area contributed by atoms with Gasteiger partial charge in [-0.1, -0.05) is 42.0 Å². The lowest BCUT2D eigenvalue weighted by atomic mass is 10.0. The molecule has 0 saturated heterocycles. The fourth-order valence-corrected chi connectivity index (χ4v) is 2.51. The Morgan fingerprint density at radius 2 is 1.75 bits per heavy atom. The predicted molar refractivity (Wildman–Crippen MR) is 84.0 cm³/mol. The smallest absolute Gasteiger partial charge is 0.115 e. The number of benzene rings is 2. The summed E-state index contributed by atoms with van der Waals surface area (Å²) >= 11 is 0. The highest BCUT2D eigenvalue weighted by molar-refractivity contribution is 5.27. The number of aromatic hydroxyl groups is 1. The number of phenolic OH excluding ortho intramolecular Hbond substituents is 1. The summed E-state index contributed by atoms with van der Waals surface area (Å²) in [6.07, 6.45) is 0.955. The molecule has 0 bridgehead atoms. The number of phenols is 1. The molecular weight excluding hydrogens is 246 g/mol. The van der Waals surface area contributed by atoms with E-state index in [4.69, 9.17) is 0 Å². The molecule has 0 aliphatic carbocycles. The zero-order valence-corrected chi connectivity index (χ0v) is 12.4. The van der Waals surface area contributed by atoms with Crippen molar-refractivity contribution < 1.29 is 5.11 Å². The van der Waals surface area contributed by atoms with E-state index in [1.54, 1.807) is 12.1 Å². The van der Waals surface area contributed by atoms with Gasteiger partial charge in [-0.2, -0.15) is 0 Å². The van der Waals surface area contributed by atoms with Gasteiger partial charge in [0.05, 0.1) is 0 Å². The van der Waals surface area contributed by atoms with Crippen LogP contribution in [0.5, 0.6) is 5.75 Å². The van der Waals surface area contributed by atoms with Crippen LogP contribution in [-0.2, 0) is 6.42 Å². The first kappa shape index (κ1) is 14.6. The predicted octanol–water partition coefficient (Wildman–Crippen LogP) is 3.98. The summed E-state index contributed by atoms with van der Waals surface area (Å²) in [6, 6.07) is 16.8. The average Bonchev–Trinajstić information content (AvgIpc) is 2.41. The monoisotopic (exact) mass is 269 g/mol. The zero-order valence-electron chi connectivity index (χ0n) is 12.4. The standard InChI is InChI=1S/C18H23NO/c1-13-5-4-6-17(11-13)15(3)19-14(2)12-16-7-9-18(20)10-8-16/h4-11,14-15,19-20H,12H2,1-3H3/t14?,15-/m0/s1. The van der Waals surface area contributed by atoms with Crippen LogP contribution in [0.1, 0.15) is 36.6 Å². The summed E-state index contributed by atoms with van der Waals surface area (Å²) in [6.45, 7) is 6.51. The van der Waals surface area contributed by atoms with Crippen molar-refractivity contribution in [2.45, 2.75) is 39.3 Å². The van der Waals surface area contributed by atoms with Gasteiger partial charge in [0.15, 0.2) is 0 Å². The largest absolute Gasteiger partial charge is 0.508 e. The molecule has 2 heteroatoms. The fraction of sp³-hybridized carbons (Fsp3) is 0.333. The quantitative estimate of drug-likeness (QED) is 0.860. The molecule has 1 unspecified atom stereocenters. The van der Waals surface area contributed by atoms with E-state index in [2.05, 4.69) is 50.4 Å². The van der Waals surface area contributed by atoms with Crippen molar-refractivity contribution in [1.82, 2.24) is 5.32 Å². The summed E-state index contributed by atoms with van der Waals surface area (Å²) < 4.78 is 0. The molecule has 0 amide bonds. The first-order valence-electron chi connectivity index (χ1n) is 7.15. The normalized spacial score (nSPS) is 13.9. The summed E-state index contributed by atoms with van der Waals surface area (Å²) in [4.78, 5) is 0. The number of nitrogens with one attached hydrogen (secondary N) is 1. The van der Waals surface area contributed by atoms with E-state index >= 15 is 0 Å². The Kier molecular flexibility index (Phi) is 4.80. The molecule has 106 valence electrons. The third-order valence-electron chi connectivity index (χ3n) is 3.55. The number of aryl methyl sites for hydroxylation is 1. The first-order chi connectivity index (χ1) is 9.54. The molecule has 0 fully saturated rings. The highest BCUT2D eigenvalue weighted by atomic mass is 16.3. The molecule has 0 aliphatic heterocycles. The molecule has 0 saturated carbocycles. The van der Waals surface area contributed by atoms with Crippen LogP contribution in [0.4, 0.5) is 0 Å². The molecule has 0 heterocycles. The second-order valence-corrected chi connectivity index (χ2v) is 5.57. The summed E-state index contributed by atoms with van der Waals surface area (Å²) in [5.74, 6) is 0.322. The molecular formula is C18H23NO. The second-order valence-electron chi connectivity index (χ2n) is 5.57. The van der Waals surface area contributed by atoms with Gasteiger partial charge in [-0.05, 0) is 50.5 Å². The Balaban J connectivity index is 1.93. The molecule has 0 radical (unpaired) electrons. The van der Waals surface area contributed by atoms with Crippen LogP contribution in [0.2, 0.25) is 0 Å². The van der Waals surface area contributed by atoms with Crippen molar-refractivity contribution >= 4 is 0 Å². The lowest BCUT2D eigenvalue weighted by Crippen LogP contribution is -2.30. The first-order valence-corrected chi connectivity index (χ1v) is 7.15. The van der Waals surface area contributed by atoms with Gasteiger partial charge in [-0.25, -0.2) is 0 Å². The van der Waals surface area contributed by atoms with Gasteiger partial charge in [0.2, 0.25) is 0 Å². The van der Waals surface area contributed by atoms with Gasteiger partial charge >= 0.3 is 0 Å². The molecule has 0 aromatic heterocycles. The second kappa shape index (κ2) is 6.58. The topological polar surface area (TPSA) is 32.3 Å². The molecule has 0 spiro atoms. The van der Waals surface area contributed by atoms with Gasteiger partial charge in [0.25, 0.3) is 0 Å². The SMILES string of the molecule is Cc1cccc([C@H](C)NC(C)Cc2ccc(O)cc2)c1. The van der Waals surface area contributed by atoms with Crippen molar-refractivity contribution in [3.8, 4) is 5.75 Å². The van der Waals surface area contributed by atoms with Crippen molar-refractivity contribution in [2.75, 3.05) is 0 Å². The van der Waals surface area contributed by atoms with Gasteiger partial charge in [0.1, 0.15) is 5.75 Å².